The van der Waals surface area contributed by atoms with E-state index in [0.717, 1.165) is 5.56 Å². The fraction of sp³-hybridized carbons (Fsp3) is 0.278. The highest BCUT2D eigenvalue weighted by Gasteiger charge is 2.12. The van der Waals surface area contributed by atoms with Crippen LogP contribution in [0, 0.1) is 6.92 Å². The fourth-order valence-electron chi connectivity index (χ4n) is 2.09. The molecule has 5 heteroatoms. The Labute approximate surface area is 135 Å². The third-order valence-corrected chi connectivity index (χ3v) is 3.21. The largest absolute Gasteiger partial charge is 0.490 e. The van der Waals surface area contributed by atoms with Gasteiger partial charge in [-0.3, -0.25) is 4.79 Å². The van der Waals surface area contributed by atoms with Crippen molar-refractivity contribution in [3.63, 3.8) is 0 Å². The number of ether oxygens (including phenoxy) is 2. The SMILES string of the molecule is CCOc1cccc(CO)c1OCC(=O)Nc1ccc(C)cc1. The number of aliphatic hydroxyl groups is 1. The molecule has 0 aromatic heterocycles. The summed E-state index contributed by atoms with van der Waals surface area (Å²) in [5.41, 5.74) is 2.42. The predicted octanol–water partition coefficient (Wildman–Crippen LogP) is 2.90. The normalized spacial score (nSPS) is 10.2. The van der Waals surface area contributed by atoms with E-state index >= 15 is 0 Å². The summed E-state index contributed by atoms with van der Waals surface area (Å²) in [5.74, 6) is 0.641. The van der Waals surface area contributed by atoms with Gasteiger partial charge in [0, 0.05) is 11.3 Å². The molecule has 0 saturated heterocycles. The molecule has 2 aromatic carbocycles. The van der Waals surface area contributed by atoms with Crippen molar-refractivity contribution >= 4 is 11.6 Å². The summed E-state index contributed by atoms with van der Waals surface area (Å²) in [6.07, 6.45) is 0. The van der Waals surface area contributed by atoms with E-state index in [0.29, 0.717) is 29.4 Å². The van der Waals surface area contributed by atoms with Gasteiger partial charge in [0.25, 0.3) is 5.91 Å². The number of aryl methyl sites for hydroxylation is 1. The van der Waals surface area contributed by atoms with Gasteiger partial charge in [0.05, 0.1) is 13.2 Å². The van der Waals surface area contributed by atoms with Gasteiger partial charge in [0.15, 0.2) is 18.1 Å². The van der Waals surface area contributed by atoms with Gasteiger partial charge in [-0.25, -0.2) is 0 Å². The Morgan fingerprint density at radius 2 is 1.87 bits per heavy atom. The lowest BCUT2D eigenvalue weighted by molar-refractivity contribution is -0.118. The number of hydrogen-bond donors (Lipinski definition) is 2. The second-order valence-corrected chi connectivity index (χ2v) is 5.04. The highest BCUT2D eigenvalue weighted by Crippen LogP contribution is 2.31. The molecule has 0 fully saturated rings. The number of rotatable bonds is 7. The zero-order valence-corrected chi connectivity index (χ0v) is 13.3. The molecule has 0 heterocycles. The van der Waals surface area contributed by atoms with Gasteiger partial charge in [-0.2, -0.15) is 0 Å². The predicted molar refractivity (Wildman–Crippen MR) is 88.8 cm³/mol. The highest BCUT2D eigenvalue weighted by atomic mass is 16.5. The molecule has 2 aromatic rings. The first-order chi connectivity index (χ1) is 11.1. The Morgan fingerprint density at radius 3 is 2.52 bits per heavy atom. The second-order valence-electron chi connectivity index (χ2n) is 5.04. The van der Waals surface area contributed by atoms with Crippen LogP contribution in [-0.2, 0) is 11.4 Å². The molecule has 0 aliphatic heterocycles. The van der Waals surface area contributed by atoms with Crippen molar-refractivity contribution in [2.75, 3.05) is 18.5 Å². The number of aliphatic hydroxyl groups excluding tert-OH is 1. The lowest BCUT2D eigenvalue weighted by atomic mass is 10.2. The summed E-state index contributed by atoms with van der Waals surface area (Å²) in [6.45, 7) is 3.97. The fourth-order valence-corrected chi connectivity index (χ4v) is 2.09. The monoisotopic (exact) mass is 315 g/mol. The molecule has 1 amide bonds. The van der Waals surface area contributed by atoms with Crippen LogP contribution in [0.2, 0.25) is 0 Å². The van der Waals surface area contributed by atoms with Gasteiger partial charge >= 0.3 is 0 Å². The first-order valence-electron chi connectivity index (χ1n) is 7.49. The van der Waals surface area contributed by atoms with E-state index in [1.165, 1.54) is 0 Å². The molecule has 0 spiro atoms. The maximum Gasteiger partial charge on any atom is 0.262 e. The Hall–Kier alpha value is -2.53. The average Bonchev–Trinajstić information content (AvgIpc) is 2.56. The zero-order valence-electron chi connectivity index (χ0n) is 13.3. The van der Waals surface area contributed by atoms with E-state index in [2.05, 4.69) is 5.32 Å². The van der Waals surface area contributed by atoms with E-state index in [4.69, 9.17) is 9.47 Å². The molecule has 0 radical (unpaired) electrons. The molecule has 0 saturated carbocycles. The van der Waals surface area contributed by atoms with Crippen molar-refractivity contribution in [2.45, 2.75) is 20.5 Å². The molecule has 0 bridgehead atoms. The zero-order chi connectivity index (χ0) is 16.7. The first kappa shape index (κ1) is 16.8. The van der Waals surface area contributed by atoms with Gasteiger partial charge in [0.1, 0.15) is 0 Å². The first-order valence-corrected chi connectivity index (χ1v) is 7.49. The van der Waals surface area contributed by atoms with Gasteiger partial charge in [0.2, 0.25) is 0 Å². The molecule has 0 atom stereocenters. The minimum atomic E-state index is -0.274. The van der Waals surface area contributed by atoms with E-state index in [1.807, 2.05) is 38.1 Å². The number of carbonyl (C=O) groups is 1. The molecule has 2 rings (SSSR count). The molecule has 5 nitrogen and oxygen atoms in total. The van der Waals surface area contributed by atoms with Gasteiger partial charge < -0.3 is 19.9 Å². The minimum Gasteiger partial charge on any atom is -0.490 e. The van der Waals surface area contributed by atoms with Crippen LogP contribution >= 0.6 is 0 Å². The Balaban J connectivity index is 2.02. The third kappa shape index (κ3) is 4.72. The Bertz CT molecular complexity index is 653. The number of amides is 1. The number of benzene rings is 2. The van der Waals surface area contributed by atoms with Crippen molar-refractivity contribution in [1.82, 2.24) is 0 Å². The summed E-state index contributed by atoms with van der Waals surface area (Å²) in [7, 11) is 0. The Morgan fingerprint density at radius 1 is 1.13 bits per heavy atom. The standard InChI is InChI=1S/C18H21NO4/c1-3-22-16-6-4-5-14(11-20)18(16)23-12-17(21)19-15-9-7-13(2)8-10-15/h4-10,20H,3,11-12H2,1-2H3,(H,19,21). The molecule has 0 unspecified atom stereocenters. The molecule has 122 valence electrons. The van der Waals surface area contributed by atoms with Crippen LogP contribution in [0.15, 0.2) is 42.5 Å². The van der Waals surface area contributed by atoms with E-state index in [1.54, 1.807) is 18.2 Å². The maximum atomic E-state index is 12.0. The minimum absolute atomic E-state index is 0.162. The molecule has 0 aliphatic rings. The van der Waals surface area contributed by atoms with E-state index in [-0.39, 0.29) is 19.1 Å². The van der Waals surface area contributed by atoms with Crippen molar-refractivity contribution < 1.29 is 19.4 Å². The van der Waals surface area contributed by atoms with Crippen LogP contribution in [0.1, 0.15) is 18.1 Å². The van der Waals surface area contributed by atoms with Crippen molar-refractivity contribution in [3.8, 4) is 11.5 Å². The van der Waals surface area contributed by atoms with Crippen molar-refractivity contribution in [3.05, 3.63) is 53.6 Å². The van der Waals surface area contributed by atoms with Crippen LogP contribution in [0.25, 0.3) is 0 Å². The smallest absolute Gasteiger partial charge is 0.262 e. The number of para-hydroxylation sites is 1. The lowest BCUT2D eigenvalue weighted by Crippen LogP contribution is -2.20. The molecule has 0 aliphatic carbocycles. The van der Waals surface area contributed by atoms with Gasteiger partial charge in [-0.15, -0.1) is 0 Å². The van der Waals surface area contributed by atoms with Crippen LogP contribution < -0.4 is 14.8 Å². The maximum absolute atomic E-state index is 12.0. The van der Waals surface area contributed by atoms with Crippen molar-refractivity contribution in [1.29, 1.82) is 0 Å². The summed E-state index contributed by atoms with van der Waals surface area (Å²) >= 11 is 0. The highest BCUT2D eigenvalue weighted by molar-refractivity contribution is 5.91. The van der Waals surface area contributed by atoms with Crippen molar-refractivity contribution in [2.24, 2.45) is 0 Å². The van der Waals surface area contributed by atoms with Crippen LogP contribution in [0.4, 0.5) is 5.69 Å². The van der Waals surface area contributed by atoms with Gasteiger partial charge in [-0.05, 0) is 32.0 Å². The second kappa shape index (κ2) is 8.19. The Kier molecular flexibility index (Phi) is 6.00. The summed E-state index contributed by atoms with van der Waals surface area (Å²) < 4.78 is 11.0. The number of anilines is 1. The van der Waals surface area contributed by atoms with Crippen LogP contribution in [0.5, 0.6) is 11.5 Å². The van der Waals surface area contributed by atoms with Crippen LogP contribution in [-0.4, -0.2) is 24.2 Å². The lowest BCUT2D eigenvalue weighted by Gasteiger charge is -2.15. The quantitative estimate of drug-likeness (QED) is 0.824. The number of hydrogen-bond acceptors (Lipinski definition) is 4. The third-order valence-electron chi connectivity index (χ3n) is 3.21. The van der Waals surface area contributed by atoms with E-state index < -0.39 is 0 Å². The number of carbonyl (C=O) groups excluding carboxylic acids is 1. The topological polar surface area (TPSA) is 67.8 Å². The molecule has 2 N–H and O–H groups in total. The van der Waals surface area contributed by atoms with Gasteiger partial charge in [-0.1, -0.05) is 29.8 Å². The molecular weight excluding hydrogens is 294 g/mol. The summed E-state index contributed by atoms with van der Waals surface area (Å²) in [4.78, 5) is 12.0. The van der Waals surface area contributed by atoms with E-state index in [9.17, 15) is 9.90 Å². The average molecular weight is 315 g/mol. The number of nitrogens with one attached hydrogen (secondary N) is 1. The van der Waals surface area contributed by atoms with Crippen LogP contribution in [0.3, 0.4) is 0 Å². The molecular formula is C18H21NO4. The summed E-state index contributed by atoms with van der Waals surface area (Å²) in [6, 6.07) is 12.8. The molecule has 23 heavy (non-hydrogen) atoms. The summed E-state index contributed by atoms with van der Waals surface area (Å²) in [5, 5.41) is 12.2.